The molecule has 4 aromatic heterocycles. The Morgan fingerprint density at radius 1 is 0.978 bits per heavy atom. The molecule has 0 bridgehead atoms. The predicted molar refractivity (Wildman–Crippen MR) is 160 cm³/mol. The van der Waals surface area contributed by atoms with Gasteiger partial charge in [-0.15, -0.1) is 0 Å². The largest absolute Gasteiger partial charge is 0.478 e. The van der Waals surface area contributed by atoms with E-state index in [4.69, 9.17) is 9.47 Å². The number of aromatic carboxylic acids is 1. The van der Waals surface area contributed by atoms with Gasteiger partial charge in [0.1, 0.15) is 24.1 Å². The summed E-state index contributed by atoms with van der Waals surface area (Å²) < 4.78 is 45.3. The number of carboxylic acid groups (broad SMARTS) is 1. The third-order valence-corrected chi connectivity index (χ3v) is 7.15. The molecule has 11 nitrogen and oxygen atoms in total. The van der Waals surface area contributed by atoms with Crippen LogP contribution in [-0.2, 0) is 31.4 Å². The van der Waals surface area contributed by atoms with Gasteiger partial charge in [-0.2, -0.15) is 5.10 Å². The summed E-state index contributed by atoms with van der Waals surface area (Å²) in [5, 5.41) is 13.5. The molecule has 45 heavy (non-hydrogen) atoms. The number of nitrogens with zero attached hydrogens (tertiary/aromatic N) is 7. The van der Waals surface area contributed by atoms with Gasteiger partial charge in [-0.25, -0.2) is 23.5 Å². The van der Waals surface area contributed by atoms with Gasteiger partial charge in [0.25, 0.3) is 0 Å². The Balaban J connectivity index is 1.20. The Kier molecular flexibility index (Phi) is 8.25. The lowest BCUT2D eigenvalue weighted by atomic mass is 10.0. The normalized spacial score (nSPS) is 11.3. The van der Waals surface area contributed by atoms with E-state index in [1.165, 1.54) is 12.1 Å². The molecular weight excluding hydrogens is 584 g/mol. The topological polar surface area (TPSA) is 130 Å². The van der Waals surface area contributed by atoms with Crippen LogP contribution in [0.2, 0.25) is 0 Å². The molecule has 6 rings (SSSR count). The van der Waals surface area contributed by atoms with Gasteiger partial charge in [-0.1, -0.05) is 6.07 Å². The van der Waals surface area contributed by atoms with Crippen LogP contribution in [0.5, 0.6) is 5.88 Å². The van der Waals surface area contributed by atoms with E-state index in [2.05, 4.69) is 25.0 Å². The molecule has 1 N–H and O–H groups in total. The Hall–Kier alpha value is -5.56. The molecule has 0 amide bonds. The predicted octanol–water partition coefficient (Wildman–Crippen LogP) is 5.08. The van der Waals surface area contributed by atoms with Crippen LogP contribution in [0.4, 0.5) is 8.78 Å². The van der Waals surface area contributed by atoms with Crippen molar-refractivity contribution in [2.75, 3.05) is 13.7 Å². The molecule has 0 radical (unpaired) electrons. The zero-order valence-electron chi connectivity index (χ0n) is 24.3. The summed E-state index contributed by atoms with van der Waals surface area (Å²) in [6.07, 6.45) is 6.72. The quantitative estimate of drug-likeness (QED) is 0.213. The van der Waals surface area contributed by atoms with Gasteiger partial charge in [-0.3, -0.25) is 14.6 Å². The van der Waals surface area contributed by atoms with E-state index >= 15 is 8.78 Å². The molecule has 4 heterocycles. The number of pyridine rings is 1. The Morgan fingerprint density at radius 2 is 1.84 bits per heavy atom. The average molecular weight is 612 g/mol. The lowest BCUT2D eigenvalue weighted by Crippen LogP contribution is -2.10. The molecule has 0 aliphatic heterocycles. The molecule has 0 saturated carbocycles. The second-order valence-electron chi connectivity index (χ2n) is 10.2. The minimum Gasteiger partial charge on any atom is -0.478 e. The smallest absolute Gasteiger partial charge is 0.335 e. The summed E-state index contributed by atoms with van der Waals surface area (Å²) in [7, 11) is 3.36. The van der Waals surface area contributed by atoms with Crippen LogP contribution >= 0.6 is 0 Å². The third kappa shape index (κ3) is 6.38. The summed E-state index contributed by atoms with van der Waals surface area (Å²) in [4.78, 5) is 29.2. The fraction of sp³-hybridized carbons (Fsp3) is 0.188. The number of hydrogen-bond donors (Lipinski definition) is 1. The van der Waals surface area contributed by atoms with E-state index in [1.54, 1.807) is 59.2 Å². The van der Waals surface area contributed by atoms with Gasteiger partial charge in [-0.05, 0) is 42.0 Å². The van der Waals surface area contributed by atoms with Gasteiger partial charge in [0.2, 0.25) is 5.88 Å². The maximum Gasteiger partial charge on any atom is 0.335 e. The zero-order valence-corrected chi connectivity index (χ0v) is 24.3. The first-order chi connectivity index (χ1) is 21.8. The summed E-state index contributed by atoms with van der Waals surface area (Å²) >= 11 is 0. The highest BCUT2D eigenvalue weighted by atomic mass is 19.1. The minimum absolute atomic E-state index is 0.0266. The van der Waals surface area contributed by atoms with Gasteiger partial charge in [0.15, 0.2) is 0 Å². The van der Waals surface area contributed by atoms with Crippen molar-refractivity contribution in [1.29, 1.82) is 0 Å². The van der Waals surface area contributed by atoms with Crippen molar-refractivity contribution in [1.82, 2.24) is 34.3 Å². The number of imidazole rings is 1. The highest BCUT2D eigenvalue weighted by Crippen LogP contribution is 2.28. The van der Waals surface area contributed by atoms with E-state index in [-0.39, 0.29) is 41.3 Å². The molecule has 0 spiro atoms. The number of hydrogen-bond acceptors (Lipinski definition) is 8. The summed E-state index contributed by atoms with van der Waals surface area (Å²) in [5.41, 5.74) is 3.54. The van der Waals surface area contributed by atoms with Crippen LogP contribution < -0.4 is 4.74 Å². The van der Waals surface area contributed by atoms with Crippen molar-refractivity contribution in [2.45, 2.75) is 19.6 Å². The van der Waals surface area contributed by atoms with Crippen LogP contribution in [0.3, 0.4) is 0 Å². The molecule has 0 atom stereocenters. The van der Waals surface area contributed by atoms with Crippen molar-refractivity contribution in [3.05, 3.63) is 108 Å². The van der Waals surface area contributed by atoms with Crippen LogP contribution in [0, 0.1) is 11.6 Å². The van der Waals surface area contributed by atoms with E-state index in [9.17, 15) is 9.90 Å². The van der Waals surface area contributed by atoms with E-state index in [0.717, 1.165) is 17.7 Å². The summed E-state index contributed by atoms with van der Waals surface area (Å²) in [6.45, 7) is 0.744. The second kappa shape index (κ2) is 12.6. The highest BCUT2D eigenvalue weighted by molar-refractivity contribution is 5.92. The molecule has 13 heteroatoms. The molecule has 0 aliphatic carbocycles. The van der Waals surface area contributed by atoms with Gasteiger partial charge in [0, 0.05) is 50.5 Å². The van der Waals surface area contributed by atoms with Crippen LogP contribution in [0.25, 0.3) is 33.5 Å². The lowest BCUT2D eigenvalue weighted by Gasteiger charge is -2.12. The maximum absolute atomic E-state index is 15.5. The first-order valence-corrected chi connectivity index (χ1v) is 13.9. The molecule has 0 saturated heterocycles. The van der Waals surface area contributed by atoms with Crippen molar-refractivity contribution in [3.63, 3.8) is 0 Å². The maximum atomic E-state index is 15.5. The van der Waals surface area contributed by atoms with Crippen LogP contribution in [0.1, 0.15) is 27.4 Å². The number of ether oxygens (including phenoxy) is 2. The fourth-order valence-electron chi connectivity index (χ4n) is 4.89. The molecule has 6 aromatic rings. The first-order valence-electron chi connectivity index (χ1n) is 13.9. The highest BCUT2D eigenvalue weighted by Gasteiger charge is 2.18. The van der Waals surface area contributed by atoms with E-state index in [1.807, 2.05) is 13.2 Å². The Bertz CT molecular complexity index is 2010. The zero-order chi connectivity index (χ0) is 31.5. The molecule has 0 unspecified atom stereocenters. The number of fused-ring (bicyclic) bond motifs is 1. The molecule has 0 fully saturated rings. The first kappa shape index (κ1) is 29.5. The van der Waals surface area contributed by atoms with E-state index < -0.39 is 17.6 Å². The summed E-state index contributed by atoms with van der Waals surface area (Å²) in [5.74, 6) is -1.72. The van der Waals surface area contributed by atoms with E-state index in [0.29, 0.717) is 41.4 Å². The number of carbonyl (C=O) groups is 1. The van der Waals surface area contributed by atoms with Crippen LogP contribution in [0.15, 0.2) is 73.3 Å². The second-order valence-corrected chi connectivity index (χ2v) is 10.2. The van der Waals surface area contributed by atoms with Gasteiger partial charge < -0.3 is 19.1 Å². The van der Waals surface area contributed by atoms with Crippen LogP contribution in [-0.4, -0.2) is 59.1 Å². The molecule has 2 aromatic carbocycles. The standard InChI is InChI=1S/C32H27F2N7O4/c1-40-17-21(14-37-40)28-16-35-22(15-36-28)18-45-31-5-3-4-26(39-31)23-13-24(33)20(10-25(23)34)12-30-38-27-7-6-19(32(42)43)11-29(27)41(30)8-9-44-2/h3-7,10-11,13-17H,8-9,12,18H2,1-2H3,(H,42,43). The minimum atomic E-state index is -1.08. The Labute approximate surface area is 255 Å². The van der Waals surface area contributed by atoms with Crippen molar-refractivity contribution < 1.29 is 28.2 Å². The molecule has 0 aliphatic rings. The SMILES string of the molecule is COCCn1c(Cc2cc(F)c(-c3cccc(OCc4cnc(-c5cnn(C)c5)cn4)n3)cc2F)nc2ccc(C(=O)O)cc21. The van der Waals surface area contributed by atoms with Crippen molar-refractivity contribution in [2.24, 2.45) is 7.05 Å². The average Bonchev–Trinajstić information content (AvgIpc) is 3.63. The number of benzene rings is 2. The van der Waals surface area contributed by atoms with Crippen molar-refractivity contribution >= 4 is 17.0 Å². The monoisotopic (exact) mass is 611 g/mol. The summed E-state index contributed by atoms with van der Waals surface area (Å²) in [6, 6.07) is 11.6. The number of rotatable bonds is 11. The number of aromatic nitrogens is 7. The van der Waals surface area contributed by atoms with Crippen molar-refractivity contribution in [3.8, 4) is 28.4 Å². The lowest BCUT2D eigenvalue weighted by molar-refractivity contribution is 0.0697. The molecular formula is C32H27F2N7O4. The number of halogens is 2. The third-order valence-electron chi connectivity index (χ3n) is 7.15. The van der Waals surface area contributed by atoms with Gasteiger partial charge >= 0.3 is 5.97 Å². The Morgan fingerprint density at radius 3 is 2.58 bits per heavy atom. The number of carboxylic acids is 1. The van der Waals surface area contributed by atoms with Gasteiger partial charge in [0.05, 0.1) is 58.9 Å². The molecule has 228 valence electrons. The fourth-order valence-corrected chi connectivity index (χ4v) is 4.89. The number of methoxy groups -OCH3 is 1. The number of aryl methyl sites for hydroxylation is 1.